The first kappa shape index (κ1) is 29.4. The van der Waals surface area contributed by atoms with Gasteiger partial charge in [-0.15, -0.1) is 0 Å². The van der Waals surface area contributed by atoms with Crippen LogP contribution in [0.1, 0.15) is 38.7 Å². The van der Waals surface area contributed by atoms with Gasteiger partial charge in [0.2, 0.25) is 5.43 Å². The summed E-state index contributed by atoms with van der Waals surface area (Å²) in [5, 5.41) is 80.5. The van der Waals surface area contributed by atoms with Crippen LogP contribution in [0.5, 0.6) is 46.0 Å². The van der Waals surface area contributed by atoms with Gasteiger partial charge in [-0.05, 0) is 59.8 Å². The minimum atomic E-state index is -1.37. The molecule has 0 spiro atoms. The molecule has 0 bridgehead atoms. The Bertz CT molecular complexity index is 1940. The van der Waals surface area contributed by atoms with Crippen molar-refractivity contribution in [1.82, 2.24) is 0 Å². The number of phenolic OH excluding ortho intramolecular Hbond substituents is 6. The fourth-order valence-electron chi connectivity index (χ4n) is 5.02. The van der Waals surface area contributed by atoms with Crippen LogP contribution in [0.15, 0.2) is 53.3 Å². The van der Waals surface area contributed by atoms with E-state index in [-0.39, 0.29) is 56.9 Å². The van der Waals surface area contributed by atoms with E-state index in [2.05, 4.69) is 0 Å². The summed E-state index contributed by atoms with van der Waals surface area (Å²) >= 11 is 0. The molecule has 8 N–H and O–H groups in total. The Morgan fingerprint density at radius 2 is 1.57 bits per heavy atom. The van der Waals surface area contributed by atoms with E-state index in [9.17, 15) is 50.1 Å². The first-order valence-corrected chi connectivity index (χ1v) is 12.9. The number of carbonyl (C=O) groups is 2. The first-order chi connectivity index (χ1) is 20.7. The van der Waals surface area contributed by atoms with Gasteiger partial charge >= 0.3 is 11.9 Å². The number of benzene rings is 3. The van der Waals surface area contributed by atoms with E-state index in [1.807, 2.05) is 0 Å². The lowest BCUT2D eigenvalue weighted by atomic mass is 9.93. The zero-order valence-corrected chi connectivity index (χ0v) is 22.7. The fraction of sp³-hybridized carbons (Fsp3) is 0.129. The van der Waals surface area contributed by atoms with Crippen molar-refractivity contribution >= 4 is 28.8 Å². The summed E-state index contributed by atoms with van der Waals surface area (Å²) < 4.78 is 11.8. The van der Waals surface area contributed by atoms with Crippen LogP contribution in [0.2, 0.25) is 0 Å². The number of fused-ring (bicyclic) bond motifs is 2. The number of carboxylic acid groups (broad SMARTS) is 1. The number of hydrogen-bond acceptors (Lipinski definition) is 12. The SMILES string of the molecule is Cc1cc(C(=O)O[C@@H]2Cc3c(O)cc(O)cc3O[C@@H]2c2cc(=O)c(O)c3c(O)c(O)cc(/C=C/C(=O)O)c3c2)cc(O)c1O. The molecule has 44 heavy (non-hydrogen) atoms. The maximum Gasteiger partial charge on any atom is 0.338 e. The van der Waals surface area contributed by atoms with Crippen LogP contribution in [0.25, 0.3) is 16.8 Å². The highest BCUT2D eigenvalue weighted by molar-refractivity contribution is 6.01. The van der Waals surface area contributed by atoms with Gasteiger partial charge in [-0.1, -0.05) is 0 Å². The molecule has 0 aliphatic carbocycles. The Balaban J connectivity index is 1.72. The van der Waals surface area contributed by atoms with Crippen molar-refractivity contribution in [3.63, 3.8) is 0 Å². The average Bonchev–Trinajstić information content (AvgIpc) is 3.08. The molecule has 0 radical (unpaired) electrons. The van der Waals surface area contributed by atoms with Crippen LogP contribution in [0.3, 0.4) is 0 Å². The number of phenols is 6. The van der Waals surface area contributed by atoms with Gasteiger partial charge in [0, 0.05) is 35.8 Å². The molecule has 0 aromatic heterocycles. The summed E-state index contributed by atoms with van der Waals surface area (Å²) in [6.07, 6.45) is -1.10. The molecule has 226 valence electrons. The van der Waals surface area contributed by atoms with E-state index >= 15 is 0 Å². The lowest BCUT2D eigenvalue weighted by Gasteiger charge is -2.33. The maximum atomic E-state index is 13.2. The van der Waals surface area contributed by atoms with Gasteiger partial charge in [-0.25, -0.2) is 9.59 Å². The third-order valence-corrected chi connectivity index (χ3v) is 7.11. The van der Waals surface area contributed by atoms with Crippen LogP contribution in [0.4, 0.5) is 0 Å². The predicted molar refractivity (Wildman–Crippen MR) is 152 cm³/mol. The van der Waals surface area contributed by atoms with Crippen molar-refractivity contribution in [3.05, 3.63) is 86.6 Å². The minimum Gasteiger partial charge on any atom is -0.508 e. The molecule has 0 saturated heterocycles. The highest BCUT2D eigenvalue weighted by atomic mass is 16.6. The van der Waals surface area contributed by atoms with Crippen molar-refractivity contribution in [1.29, 1.82) is 0 Å². The quantitative estimate of drug-likeness (QED) is 0.0928. The van der Waals surface area contributed by atoms with Crippen molar-refractivity contribution in [2.75, 3.05) is 0 Å². The van der Waals surface area contributed by atoms with E-state index in [4.69, 9.17) is 14.6 Å². The summed E-state index contributed by atoms with van der Waals surface area (Å²) in [5.41, 5.74) is -0.966. The van der Waals surface area contributed by atoms with Crippen molar-refractivity contribution in [2.24, 2.45) is 0 Å². The van der Waals surface area contributed by atoms with Gasteiger partial charge in [0.1, 0.15) is 23.4 Å². The summed E-state index contributed by atoms with van der Waals surface area (Å²) in [6, 6.07) is 7.66. The summed E-state index contributed by atoms with van der Waals surface area (Å²) in [6.45, 7) is 1.44. The predicted octanol–water partition coefficient (Wildman–Crippen LogP) is 3.45. The molecule has 1 aliphatic rings. The Kier molecular flexibility index (Phi) is 7.31. The van der Waals surface area contributed by atoms with Crippen molar-refractivity contribution in [2.45, 2.75) is 25.6 Å². The first-order valence-electron chi connectivity index (χ1n) is 12.9. The molecule has 4 aromatic rings. The fourth-order valence-corrected chi connectivity index (χ4v) is 5.02. The summed E-state index contributed by atoms with van der Waals surface area (Å²) in [4.78, 5) is 37.6. The Morgan fingerprint density at radius 1 is 0.864 bits per heavy atom. The van der Waals surface area contributed by atoms with Crippen LogP contribution in [0, 0.1) is 6.92 Å². The second-order valence-electron chi connectivity index (χ2n) is 10.1. The lowest BCUT2D eigenvalue weighted by Crippen LogP contribution is -2.35. The average molecular weight is 605 g/mol. The molecule has 5 rings (SSSR count). The number of carboxylic acids is 1. The lowest BCUT2D eigenvalue weighted by molar-refractivity contribution is -0.131. The molecule has 0 saturated carbocycles. The van der Waals surface area contributed by atoms with E-state index in [0.717, 1.165) is 36.4 Å². The molecule has 4 aromatic carbocycles. The number of aromatic hydroxyl groups is 7. The third kappa shape index (κ3) is 5.29. The summed E-state index contributed by atoms with van der Waals surface area (Å²) in [5.74, 6) is -6.73. The molecular weight excluding hydrogens is 580 g/mol. The van der Waals surface area contributed by atoms with Crippen LogP contribution in [-0.2, 0) is 16.0 Å². The second-order valence-corrected chi connectivity index (χ2v) is 10.1. The van der Waals surface area contributed by atoms with Gasteiger partial charge in [0.15, 0.2) is 34.9 Å². The minimum absolute atomic E-state index is 0.0278. The normalized spacial score (nSPS) is 15.9. The standard InChI is InChI=1S/C31H24O13/c1-12-4-15(8-20(34)27(12)39)31(42)44-24-11-18-19(33)9-16(32)10-23(18)43-30(24)14-5-17-13(2-3-25(37)38)6-21(35)28(40)26(17)29(41)22(36)7-14/h2-10,24,30,32-35,39-40H,11H2,1H3,(H,36,41)(H,37,38)/b3-2+/t24-,30-/m1/s1. The summed E-state index contributed by atoms with van der Waals surface area (Å²) in [7, 11) is 0. The number of aryl methyl sites for hydroxylation is 1. The van der Waals surface area contributed by atoms with Gasteiger partial charge in [-0.2, -0.15) is 0 Å². The van der Waals surface area contributed by atoms with Crippen LogP contribution >= 0.6 is 0 Å². The number of rotatable bonds is 5. The van der Waals surface area contributed by atoms with E-state index < -0.39 is 63.7 Å². The van der Waals surface area contributed by atoms with Gasteiger partial charge in [0.05, 0.1) is 10.9 Å². The molecule has 13 heteroatoms. The number of esters is 1. The molecule has 2 atom stereocenters. The molecule has 1 aliphatic heterocycles. The Hall–Kier alpha value is -6.11. The maximum absolute atomic E-state index is 13.2. The Morgan fingerprint density at radius 3 is 2.25 bits per heavy atom. The molecule has 0 fully saturated rings. The highest BCUT2D eigenvalue weighted by Crippen LogP contribution is 2.45. The largest absolute Gasteiger partial charge is 0.508 e. The van der Waals surface area contributed by atoms with E-state index in [0.29, 0.717) is 0 Å². The van der Waals surface area contributed by atoms with E-state index in [1.165, 1.54) is 25.1 Å². The monoisotopic (exact) mass is 604 g/mol. The van der Waals surface area contributed by atoms with Gasteiger partial charge in [-0.3, -0.25) is 4.79 Å². The van der Waals surface area contributed by atoms with Crippen molar-refractivity contribution < 1.29 is 59.9 Å². The van der Waals surface area contributed by atoms with Gasteiger partial charge < -0.3 is 50.3 Å². The third-order valence-electron chi connectivity index (χ3n) is 7.11. The van der Waals surface area contributed by atoms with Crippen LogP contribution < -0.4 is 10.2 Å². The number of aliphatic carboxylic acids is 1. The number of ether oxygens (including phenoxy) is 2. The number of hydrogen-bond donors (Lipinski definition) is 8. The molecule has 1 heterocycles. The van der Waals surface area contributed by atoms with Crippen molar-refractivity contribution in [3.8, 4) is 46.0 Å². The smallest absolute Gasteiger partial charge is 0.338 e. The Labute approximate surface area is 247 Å². The molecule has 13 nitrogen and oxygen atoms in total. The second kappa shape index (κ2) is 10.9. The highest BCUT2D eigenvalue weighted by Gasteiger charge is 2.37. The van der Waals surface area contributed by atoms with E-state index in [1.54, 1.807) is 0 Å². The zero-order chi connectivity index (χ0) is 32.0. The van der Waals surface area contributed by atoms with Crippen LogP contribution in [-0.4, -0.2) is 58.9 Å². The molecular formula is C31H24O13. The topological polar surface area (TPSA) is 232 Å². The van der Waals surface area contributed by atoms with Gasteiger partial charge in [0.25, 0.3) is 0 Å². The zero-order valence-electron chi connectivity index (χ0n) is 22.7. The molecule has 0 amide bonds. The molecule has 0 unspecified atom stereocenters. The number of carbonyl (C=O) groups excluding carboxylic acids is 1.